The highest BCUT2D eigenvalue weighted by Gasteiger charge is 2.71. The lowest BCUT2D eigenvalue weighted by Gasteiger charge is -2.52. The second kappa shape index (κ2) is 5.55. The first kappa shape index (κ1) is 25.0. The maximum atomic E-state index is 15.2. The molecule has 32 rings (SSSR count). The van der Waals surface area contributed by atoms with Crippen LogP contribution in [0.25, 0.3) is 291 Å². The van der Waals surface area contributed by atoms with Gasteiger partial charge in [0.1, 0.15) is 0 Å². The Morgan fingerprint density at radius 3 is 0.552 bits per heavy atom. The van der Waals surface area contributed by atoms with Crippen LogP contribution >= 0.6 is 0 Å². The summed E-state index contributed by atoms with van der Waals surface area (Å²) in [4.78, 5) is 15.2. The Morgan fingerprint density at radius 1 is 0.254 bits per heavy atom. The predicted octanol–water partition coefficient (Wildman–Crippen LogP) is 17.6. The molecule has 0 heterocycles. The first-order chi connectivity index (χ1) is 33.3. The van der Waals surface area contributed by atoms with E-state index in [0.29, 0.717) is 6.42 Å². The maximum absolute atomic E-state index is 15.2. The molecule has 0 bridgehead atoms. The summed E-state index contributed by atoms with van der Waals surface area (Å²) in [5, 5.41) is 85.0. The van der Waals surface area contributed by atoms with Crippen LogP contribution in [0.1, 0.15) is 48.9 Å². The highest BCUT2D eigenvalue weighted by atomic mass is 16.6. The molecule has 0 aliphatic heterocycles. The van der Waals surface area contributed by atoms with Crippen LogP contribution in [0.2, 0.25) is 0 Å². The van der Waals surface area contributed by atoms with E-state index < -0.39 is 11.0 Å². The molecule has 67 heavy (non-hydrogen) atoms. The molecule has 0 amide bonds. The first-order valence-corrected chi connectivity index (χ1v) is 25.2. The van der Waals surface area contributed by atoms with Gasteiger partial charge in [0, 0.05) is 17.5 Å². The fourth-order valence-electron chi connectivity index (χ4n) is 24.4. The van der Waals surface area contributed by atoms with Crippen molar-refractivity contribution in [3.8, 4) is 0 Å². The minimum atomic E-state index is -0.972. The summed E-state index contributed by atoms with van der Waals surface area (Å²) >= 11 is 0. The molecule has 2 nitrogen and oxygen atoms in total. The number of hydrogen-bond donors (Lipinski definition) is 0. The van der Waals surface area contributed by atoms with Crippen molar-refractivity contribution in [3.05, 3.63) is 22.3 Å². The molecule has 4 aliphatic carbocycles. The van der Waals surface area contributed by atoms with Crippen LogP contribution in [-0.2, 0) is 20.5 Å². The quantitative estimate of drug-likeness (QED) is 0.131. The van der Waals surface area contributed by atoms with Crippen LogP contribution in [-0.4, -0.2) is 5.97 Å². The lowest BCUT2D eigenvalue weighted by molar-refractivity contribution is -0.162. The lowest BCUT2D eigenvalue weighted by atomic mass is 9.53. The summed E-state index contributed by atoms with van der Waals surface area (Å²) < 4.78 is 7.99. The van der Waals surface area contributed by atoms with Gasteiger partial charge in [0.15, 0.2) is 5.60 Å². The topological polar surface area (TPSA) is 26.3 Å². The van der Waals surface area contributed by atoms with Gasteiger partial charge in [-0.05, 0) is 308 Å². The molecule has 0 radical (unpaired) electrons. The molecule has 0 N–H and O–H groups in total. The van der Waals surface area contributed by atoms with Crippen molar-refractivity contribution in [1.82, 2.24) is 0 Å². The standard InChI is InChI=1S/C65H10O2/c1-3-5(66)67-65-62-56-50-40-28-20-12-8-6-7-10-14(12)22(28)32-26-18(10)19-11(7)15-13-9(6)17-16(8)24-30(20)38-44-34(24)35-25(17)31-21(13)29-23(15)33-27(19)37-36(26)48(42(32)50)58(62)59-49(37)43(33)51-41(29)47-39(31)45(35)53-52(44)60(54(56)46(38)40)64(65,4-2)61(53)55(47)57(51)63(59)65/h3-4H2,1-2H3. The van der Waals surface area contributed by atoms with Gasteiger partial charge in [-0.25, -0.2) is 0 Å². The van der Waals surface area contributed by atoms with Crippen molar-refractivity contribution in [1.29, 1.82) is 0 Å². The summed E-state index contributed by atoms with van der Waals surface area (Å²) in [7, 11) is 0. The van der Waals surface area contributed by atoms with Gasteiger partial charge in [0.25, 0.3) is 0 Å². The number of rotatable bonds is 3. The van der Waals surface area contributed by atoms with Crippen LogP contribution in [0, 0.1) is 0 Å². The molecule has 0 atom stereocenters. The van der Waals surface area contributed by atoms with Crippen molar-refractivity contribution in [3.63, 3.8) is 0 Å². The molecule has 28 aromatic carbocycles. The molecule has 0 saturated carbocycles. The van der Waals surface area contributed by atoms with Crippen molar-refractivity contribution < 1.29 is 9.53 Å². The van der Waals surface area contributed by atoms with E-state index in [4.69, 9.17) is 4.74 Å². The Kier molecular flexibility index (Phi) is 2.07. The molecule has 0 unspecified atom stereocenters. The Balaban J connectivity index is 1.26. The molecule has 28 aromatic rings. The van der Waals surface area contributed by atoms with E-state index in [2.05, 4.69) is 6.92 Å². The highest BCUT2D eigenvalue weighted by Crippen LogP contribution is 2.85. The van der Waals surface area contributed by atoms with Gasteiger partial charge in [0.05, 0.1) is 5.41 Å². The van der Waals surface area contributed by atoms with E-state index in [9.17, 15) is 0 Å². The smallest absolute Gasteiger partial charge is 0.306 e. The summed E-state index contributed by atoms with van der Waals surface area (Å²) in [5.74, 6) is -0.0506. The first-order valence-electron chi connectivity index (χ1n) is 25.2. The minimum absolute atomic E-state index is 0.0506. The third-order valence-electron chi connectivity index (χ3n) is 24.5. The predicted molar refractivity (Wildman–Crippen MR) is 281 cm³/mol. The van der Waals surface area contributed by atoms with E-state index in [-0.39, 0.29) is 5.97 Å². The van der Waals surface area contributed by atoms with Gasteiger partial charge in [-0.15, -0.1) is 0 Å². The Labute approximate surface area is 364 Å². The van der Waals surface area contributed by atoms with Gasteiger partial charge in [-0.2, -0.15) is 0 Å². The summed E-state index contributed by atoms with van der Waals surface area (Å²) in [6.45, 7) is 4.55. The zero-order valence-corrected chi connectivity index (χ0v) is 34.7. The van der Waals surface area contributed by atoms with E-state index in [0.717, 1.165) is 6.42 Å². The third-order valence-corrected chi connectivity index (χ3v) is 24.5. The molecule has 2 heteroatoms. The van der Waals surface area contributed by atoms with Gasteiger partial charge in [0.2, 0.25) is 0 Å². The van der Waals surface area contributed by atoms with Gasteiger partial charge >= 0.3 is 5.97 Å². The van der Waals surface area contributed by atoms with Crippen LogP contribution in [0.5, 0.6) is 0 Å². The Morgan fingerprint density at radius 2 is 0.403 bits per heavy atom. The fourth-order valence-corrected chi connectivity index (χ4v) is 24.4. The molecule has 282 valence electrons. The average Bonchev–Trinajstić information content (AvgIpc) is 4.20. The Bertz CT molecular complexity index is 6860. The highest BCUT2D eigenvalue weighted by molar-refractivity contribution is 6.82. The second-order valence-corrected chi connectivity index (χ2v) is 24.5. The Hall–Kier alpha value is -8.07. The molecule has 0 spiro atoms. The van der Waals surface area contributed by atoms with E-state index in [1.54, 1.807) is 259 Å². The molecular weight excluding hydrogens is 813 g/mol. The number of carbonyl (C=O) groups is 1. The number of hydrogen-bond acceptors (Lipinski definition) is 2. The molecule has 4 aliphatic rings. The van der Waals surface area contributed by atoms with Crippen molar-refractivity contribution in [2.24, 2.45) is 0 Å². The van der Waals surface area contributed by atoms with Gasteiger partial charge in [-0.3, -0.25) is 4.79 Å². The van der Waals surface area contributed by atoms with Crippen LogP contribution in [0.4, 0.5) is 0 Å². The number of carbonyl (C=O) groups excluding carboxylic acids is 1. The summed E-state index contributed by atoms with van der Waals surface area (Å²) in [6.07, 6.45) is 1.26. The second-order valence-electron chi connectivity index (χ2n) is 24.5. The van der Waals surface area contributed by atoms with E-state index in [1.807, 2.05) is 6.92 Å². The normalized spacial score (nSPS) is 22.2. The van der Waals surface area contributed by atoms with Crippen molar-refractivity contribution >= 4 is 297 Å². The number of ether oxygens (including phenoxy) is 1. The minimum Gasteiger partial charge on any atom is -0.448 e. The summed E-state index contributed by atoms with van der Waals surface area (Å²) in [6, 6.07) is 0. The fraction of sp³-hybridized carbons (Fsp3) is 0.0923. The van der Waals surface area contributed by atoms with Crippen molar-refractivity contribution in [2.45, 2.75) is 37.7 Å². The molecule has 0 saturated heterocycles. The monoisotopic (exact) mass is 822 g/mol. The average molecular weight is 823 g/mol. The van der Waals surface area contributed by atoms with Gasteiger partial charge in [-0.1, -0.05) is 13.8 Å². The van der Waals surface area contributed by atoms with Crippen LogP contribution in [0.3, 0.4) is 0 Å². The summed E-state index contributed by atoms with van der Waals surface area (Å²) in [5.41, 5.74) is 4.35. The third kappa shape index (κ3) is 1.29. The molecule has 0 aromatic heterocycles. The maximum Gasteiger partial charge on any atom is 0.306 e. The van der Waals surface area contributed by atoms with Crippen molar-refractivity contribution in [2.75, 3.05) is 0 Å². The van der Waals surface area contributed by atoms with E-state index in [1.165, 1.54) is 54.2 Å². The lowest BCUT2D eigenvalue weighted by Crippen LogP contribution is -2.54. The number of benzene rings is 18. The SMILES string of the molecule is CCC(=O)OC12c3c4c5c6c7c8c(c9c%10c1c1c3c3c%11c4c4c5c5c7c7c%12c8c8c9c9c%10c%10c1c1c3c3c%11c%11c4c4c5c7c5c7c%12c8c8c9c9c%10c1c1c3c3c%11c4c5c4c7c8c9c1c34)C62CC. The van der Waals surface area contributed by atoms with Crippen LogP contribution < -0.4 is 0 Å². The van der Waals surface area contributed by atoms with E-state index >= 15 is 4.79 Å². The number of esters is 1. The zero-order chi connectivity index (χ0) is 40.2. The zero-order valence-electron chi connectivity index (χ0n) is 34.7. The molecule has 0 fully saturated rings. The van der Waals surface area contributed by atoms with Crippen LogP contribution in [0.15, 0.2) is 0 Å². The van der Waals surface area contributed by atoms with Gasteiger partial charge < -0.3 is 4.74 Å². The largest absolute Gasteiger partial charge is 0.448 e. The molecular formula is C65H10O2.